The van der Waals surface area contributed by atoms with E-state index in [9.17, 15) is 28.7 Å². The molecule has 3 atom stereocenters. The fourth-order valence-electron chi connectivity index (χ4n) is 4.58. The van der Waals surface area contributed by atoms with E-state index < -0.39 is 45.4 Å². The summed E-state index contributed by atoms with van der Waals surface area (Å²) in [5.74, 6) is -4.98. The number of carbonyl (C=O) groups is 2. The molecule has 0 unspecified atom stereocenters. The molecule has 0 heterocycles. The van der Waals surface area contributed by atoms with Crippen LogP contribution < -0.4 is 4.74 Å². The summed E-state index contributed by atoms with van der Waals surface area (Å²) in [6.45, 7) is 6.72. The van der Waals surface area contributed by atoms with E-state index in [1.165, 1.54) is 12.1 Å². The number of para-hydroxylation sites is 1. The van der Waals surface area contributed by atoms with E-state index in [0.29, 0.717) is 5.75 Å². The highest BCUT2D eigenvalue weighted by Gasteiger charge is 2.78. The Balaban J connectivity index is 2.02. The number of aliphatic carboxylic acids is 1. The predicted octanol–water partition coefficient (Wildman–Crippen LogP) is 6.47. The average molecular weight is 486 g/mol. The van der Waals surface area contributed by atoms with Crippen molar-refractivity contribution >= 4 is 22.8 Å². The zero-order chi connectivity index (χ0) is 25.3. The Labute approximate surface area is 201 Å². The van der Waals surface area contributed by atoms with Gasteiger partial charge in [0.15, 0.2) is 17.4 Å². The van der Waals surface area contributed by atoms with Gasteiger partial charge in [0.05, 0.1) is 12.0 Å². The predicted molar refractivity (Wildman–Crippen MR) is 126 cm³/mol. The number of carbonyl (C=O) groups excluding carboxylic acids is 1. The van der Waals surface area contributed by atoms with Crippen LogP contribution in [-0.2, 0) is 9.59 Å². The highest BCUT2D eigenvalue weighted by Crippen LogP contribution is 2.75. The minimum absolute atomic E-state index is 0.141. The molecule has 0 amide bonds. The lowest BCUT2D eigenvalue weighted by Gasteiger charge is -2.22. The molecule has 0 bridgehead atoms. The smallest absolute Gasteiger partial charge is 0.312 e. The number of ether oxygens (including phenoxy) is 1. The fourth-order valence-corrected chi connectivity index (χ4v) is 5.19. The standard InChI is InChI=1S/C26H25F2NO4S/c1-15(2)34-23(30)20(28)13-22-25(3,4)26(22,24(31)32)18(14-29)16-10-11-19(27)21(12-16)33-17-8-6-5-7-9-17/h5-13,15,18,22H,1-4H3,(H,31,32)/t18-,22-,26+/m0/s1. The summed E-state index contributed by atoms with van der Waals surface area (Å²) in [5.41, 5.74) is -2.54. The Morgan fingerprint density at radius 3 is 2.41 bits per heavy atom. The normalized spacial score (nSPS) is 22.1. The Morgan fingerprint density at radius 2 is 1.85 bits per heavy atom. The molecule has 34 heavy (non-hydrogen) atoms. The van der Waals surface area contributed by atoms with Crippen molar-refractivity contribution in [3.05, 3.63) is 71.8 Å². The molecule has 178 valence electrons. The molecule has 0 radical (unpaired) electrons. The number of hydrogen-bond donors (Lipinski definition) is 1. The summed E-state index contributed by atoms with van der Waals surface area (Å²) in [6, 6.07) is 14.2. The molecule has 5 nitrogen and oxygen atoms in total. The minimum atomic E-state index is -1.72. The molecule has 1 fully saturated rings. The first kappa shape index (κ1) is 25.4. The number of carboxylic acids is 1. The van der Waals surface area contributed by atoms with Crippen LogP contribution in [0.3, 0.4) is 0 Å². The molecule has 3 rings (SSSR count). The first-order chi connectivity index (χ1) is 16.0. The van der Waals surface area contributed by atoms with Crippen LogP contribution in [0.4, 0.5) is 8.78 Å². The summed E-state index contributed by atoms with van der Waals surface area (Å²) in [7, 11) is 0. The summed E-state index contributed by atoms with van der Waals surface area (Å²) < 4.78 is 34.7. The fraction of sp³-hybridized carbons (Fsp3) is 0.346. The van der Waals surface area contributed by atoms with Crippen LogP contribution in [0.5, 0.6) is 11.5 Å². The van der Waals surface area contributed by atoms with Gasteiger partial charge in [-0.2, -0.15) is 5.26 Å². The van der Waals surface area contributed by atoms with E-state index in [4.69, 9.17) is 4.74 Å². The van der Waals surface area contributed by atoms with Crippen molar-refractivity contribution in [1.82, 2.24) is 0 Å². The van der Waals surface area contributed by atoms with E-state index in [2.05, 4.69) is 0 Å². The minimum Gasteiger partial charge on any atom is -0.481 e. The Morgan fingerprint density at radius 1 is 1.21 bits per heavy atom. The lowest BCUT2D eigenvalue weighted by atomic mass is 9.78. The second-order valence-electron chi connectivity index (χ2n) is 9.01. The largest absolute Gasteiger partial charge is 0.481 e. The number of thioether (sulfide) groups is 1. The van der Waals surface area contributed by atoms with E-state index in [1.54, 1.807) is 58.0 Å². The average Bonchev–Trinajstić information content (AvgIpc) is 3.26. The van der Waals surface area contributed by atoms with Gasteiger partial charge in [-0.25, -0.2) is 8.78 Å². The Bertz CT molecular complexity index is 1170. The van der Waals surface area contributed by atoms with Crippen molar-refractivity contribution in [3.8, 4) is 17.6 Å². The number of rotatable bonds is 8. The highest BCUT2D eigenvalue weighted by atomic mass is 32.2. The number of hydrogen-bond acceptors (Lipinski definition) is 5. The quantitative estimate of drug-likeness (QED) is 0.431. The third-order valence-electron chi connectivity index (χ3n) is 6.30. The van der Waals surface area contributed by atoms with Gasteiger partial charge in [-0.1, -0.05) is 63.7 Å². The maximum atomic E-state index is 14.7. The SMILES string of the molecule is CC(C)SC(=O)C(F)=C[C@H]1C(C)(C)[C@]1(C(=O)O)[C@@H](C#N)c1ccc(F)c(Oc2ccccc2)c1. The van der Waals surface area contributed by atoms with Crippen LogP contribution in [0.2, 0.25) is 0 Å². The molecule has 1 aliphatic carbocycles. The molecule has 1 N–H and O–H groups in total. The van der Waals surface area contributed by atoms with Gasteiger partial charge in [-0.15, -0.1) is 0 Å². The van der Waals surface area contributed by atoms with Gasteiger partial charge in [0.25, 0.3) is 0 Å². The molecule has 0 aromatic heterocycles. The summed E-state index contributed by atoms with van der Waals surface area (Å²) in [5, 5.41) is 19.3. The lowest BCUT2D eigenvalue weighted by molar-refractivity contribution is -0.145. The first-order valence-corrected chi connectivity index (χ1v) is 11.6. The van der Waals surface area contributed by atoms with Gasteiger partial charge < -0.3 is 9.84 Å². The second kappa shape index (κ2) is 9.59. The van der Waals surface area contributed by atoms with Crippen LogP contribution >= 0.6 is 11.8 Å². The number of halogens is 2. The topological polar surface area (TPSA) is 87.4 Å². The Kier molecular flexibility index (Phi) is 7.18. The number of allylic oxidation sites excluding steroid dienone is 1. The molecule has 1 saturated carbocycles. The van der Waals surface area contributed by atoms with E-state index >= 15 is 0 Å². The lowest BCUT2D eigenvalue weighted by Crippen LogP contribution is -2.29. The maximum Gasteiger partial charge on any atom is 0.312 e. The highest BCUT2D eigenvalue weighted by molar-refractivity contribution is 8.14. The number of carboxylic acid groups (broad SMARTS) is 1. The van der Waals surface area contributed by atoms with Crippen molar-refractivity contribution in [3.63, 3.8) is 0 Å². The molecule has 0 saturated heterocycles. The van der Waals surface area contributed by atoms with Gasteiger partial charge in [0, 0.05) is 11.2 Å². The van der Waals surface area contributed by atoms with Gasteiger partial charge in [-0.3, -0.25) is 9.59 Å². The van der Waals surface area contributed by atoms with E-state index in [1.807, 2.05) is 6.07 Å². The maximum absolute atomic E-state index is 14.7. The van der Waals surface area contributed by atoms with Crippen LogP contribution in [-0.4, -0.2) is 21.4 Å². The molecule has 0 aliphatic heterocycles. The molecular weight excluding hydrogens is 460 g/mol. The zero-order valence-corrected chi connectivity index (χ0v) is 20.0. The molecular formula is C26H25F2NO4S. The van der Waals surface area contributed by atoms with Crippen molar-refractivity contribution in [2.75, 3.05) is 0 Å². The summed E-state index contributed by atoms with van der Waals surface area (Å²) in [6.07, 6.45) is 1.01. The van der Waals surface area contributed by atoms with Crippen LogP contribution in [0, 0.1) is 33.9 Å². The molecule has 8 heteroatoms. The first-order valence-electron chi connectivity index (χ1n) is 10.7. The van der Waals surface area contributed by atoms with Crippen LogP contribution in [0.15, 0.2) is 60.4 Å². The summed E-state index contributed by atoms with van der Waals surface area (Å²) >= 11 is 0.803. The zero-order valence-electron chi connectivity index (χ0n) is 19.2. The van der Waals surface area contributed by atoms with Crippen molar-refractivity contribution in [2.24, 2.45) is 16.7 Å². The summed E-state index contributed by atoms with van der Waals surface area (Å²) in [4.78, 5) is 24.7. The van der Waals surface area contributed by atoms with Crippen molar-refractivity contribution in [2.45, 2.75) is 38.9 Å². The van der Waals surface area contributed by atoms with Crippen molar-refractivity contribution in [1.29, 1.82) is 5.26 Å². The van der Waals surface area contributed by atoms with Crippen LogP contribution in [0.25, 0.3) is 0 Å². The third kappa shape index (κ3) is 4.45. The molecule has 0 spiro atoms. The van der Waals surface area contributed by atoms with Crippen molar-refractivity contribution < 1.29 is 28.2 Å². The number of nitriles is 1. The van der Waals surface area contributed by atoms with E-state index in [0.717, 1.165) is 23.9 Å². The number of nitrogens with zero attached hydrogens (tertiary/aromatic N) is 1. The van der Waals surface area contributed by atoms with Gasteiger partial charge in [-0.05, 0) is 41.3 Å². The second-order valence-corrected chi connectivity index (χ2v) is 10.6. The monoisotopic (exact) mass is 485 g/mol. The van der Waals surface area contributed by atoms with Crippen LogP contribution in [0.1, 0.15) is 39.2 Å². The third-order valence-corrected chi connectivity index (χ3v) is 7.18. The number of benzene rings is 2. The van der Waals surface area contributed by atoms with Gasteiger partial charge in [0.1, 0.15) is 11.2 Å². The molecule has 1 aliphatic rings. The molecule has 2 aromatic rings. The van der Waals surface area contributed by atoms with E-state index in [-0.39, 0.29) is 16.6 Å². The van der Waals surface area contributed by atoms with Gasteiger partial charge >= 0.3 is 5.97 Å². The van der Waals surface area contributed by atoms with Gasteiger partial charge in [0.2, 0.25) is 5.12 Å². The molecule has 2 aromatic carbocycles. The Hall–Kier alpha value is -3.18.